The van der Waals surface area contributed by atoms with Crippen molar-refractivity contribution in [2.24, 2.45) is 0 Å². The summed E-state index contributed by atoms with van der Waals surface area (Å²) in [5, 5.41) is 30.1. The molecule has 1 aromatic rings. The van der Waals surface area contributed by atoms with E-state index >= 15 is 0 Å². The van der Waals surface area contributed by atoms with E-state index in [0.717, 1.165) is 22.5 Å². The first kappa shape index (κ1) is 15.7. The van der Waals surface area contributed by atoms with E-state index in [1.54, 1.807) is 6.92 Å². The first-order chi connectivity index (χ1) is 9.63. The molecular weight excluding hydrogens is 300 g/mol. The first-order valence-corrected chi connectivity index (χ1v) is 7.77. The highest BCUT2D eigenvalue weighted by Gasteiger charge is 2.36. The molecule has 8 nitrogen and oxygen atoms in total. The van der Waals surface area contributed by atoms with Gasteiger partial charge in [-0.1, -0.05) is 0 Å². The minimum atomic E-state index is -3.95. The summed E-state index contributed by atoms with van der Waals surface area (Å²) in [6, 6.07) is 2.92. The Hall–Kier alpha value is -1.71. The van der Waals surface area contributed by atoms with Crippen LogP contribution in [0.3, 0.4) is 0 Å². The minimum Gasteiger partial charge on any atom is -0.502 e. The van der Waals surface area contributed by atoms with Gasteiger partial charge in [-0.25, -0.2) is 8.42 Å². The molecule has 1 atom stereocenters. The van der Waals surface area contributed by atoms with Gasteiger partial charge in [0.15, 0.2) is 5.75 Å². The number of β-amino-alcohol motifs (C(OH)–C–C–N with tert-alkyl or cyclic N) is 1. The van der Waals surface area contributed by atoms with E-state index in [0.29, 0.717) is 12.8 Å². The zero-order valence-electron chi connectivity index (χ0n) is 11.4. The van der Waals surface area contributed by atoms with Gasteiger partial charge in [0.25, 0.3) is 0 Å². The molecule has 1 heterocycles. The van der Waals surface area contributed by atoms with E-state index in [1.165, 1.54) is 0 Å². The number of phenols is 1. The molecule has 1 aliphatic heterocycles. The lowest BCUT2D eigenvalue weighted by atomic mass is 9.97. The van der Waals surface area contributed by atoms with Gasteiger partial charge in [-0.15, -0.1) is 0 Å². The smallest absolute Gasteiger partial charge is 0.312 e. The normalized spacial score (nSPS) is 23.9. The Balaban J connectivity index is 2.40. The van der Waals surface area contributed by atoms with Gasteiger partial charge in [0, 0.05) is 19.2 Å². The summed E-state index contributed by atoms with van der Waals surface area (Å²) >= 11 is 0. The first-order valence-electron chi connectivity index (χ1n) is 6.33. The van der Waals surface area contributed by atoms with Gasteiger partial charge in [0.2, 0.25) is 10.0 Å². The van der Waals surface area contributed by atoms with Crippen molar-refractivity contribution in [2.75, 3.05) is 13.1 Å². The van der Waals surface area contributed by atoms with Crippen LogP contribution in [0.15, 0.2) is 23.1 Å². The lowest BCUT2D eigenvalue weighted by Crippen LogP contribution is -2.48. The molecule has 0 bridgehead atoms. The predicted molar refractivity (Wildman–Crippen MR) is 73.4 cm³/mol. The summed E-state index contributed by atoms with van der Waals surface area (Å²) in [6.45, 7) is 1.73. The van der Waals surface area contributed by atoms with Crippen LogP contribution in [0.2, 0.25) is 0 Å². The second kappa shape index (κ2) is 5.24. The molecule has 0 spiro atoms. The van der Waals surface area contributed by atoms with Crippen LogP contribution in [-0.2, 0) is 10.0 Å². The van der Waals surface area contributed by atoms with Crippen molar-refractivity contribution in [2.45, 2.75) is 30.3 Å². The van der Waals surface area contributed by atoms with Crippen LogP contribution in [0.1, 0.15) is 19.8 Å². The number of phenolic OH excluding ortho intramolecular Hbond substituents is 1. The molecule has 2 rings (SSSR count). The van der Waals surface area contributed by atoms with Crippen molar-refractivity contribution >= 4 is 15.7 Å². The number of nitro benzene ring substituents is 1. The van der Waals surface area contributed by atoms with Crippen molar-refractivity contribution in [3.05, 3.63) is 28.3 Å². The number of nitro groups is 1. The molecule has 2 N–H and O–H groups in total. The minimum absolute atomic E-state index is 0.0655. The molecular formula is C12H16N2O6S. The summed E-state index contributed by atoms with van der Waals surface area (Å²) < 4.78 is 26.0. The van der Waals surface area contributed by atoms with Gasteiger partial charge in [-0.05, 0) is 31.9 Å². The van der Waals surface area contributed by atoms with Gasteiger partial charge in [-0.3, -0.25) is 10.1 Å². The van der Waals surface area contributed by atoms with Gasteiger partial charge in [-0.2, -0.15) is 4.31 Å². The molecule has 21 heavy (non-hydrogen) atoms. The quantitative estimate of drug-likeness (QED) is 0.629. The van der Waals surface area contributed by atoms with Crippen LogP contribution >= 0.6 is 0 Å². The number of hydrogen-bond acceptors (Lipinski definition) is 6. The Bertz CT molecular complexity index is 670. The third-order valence-corrected chi connectivity index (χ3v) is 5.26. The fourth-order valence-corrected chi connectivity index (χ4v) is 3.95. The molecule has 1 unspecified atom stereocenters. The zero-order chi connectivity index (χ0) is 15.8. The number of nitrogens with zero attached hydrogens (tertiary/aromatic N) is 2. The molecule has 0 amide bonds. The molecule has 9 heteroatoms. The number of piperidine rings is 1. The second-order valence-electron chi connectivity index (χ2n) is 5.35. The van der Waals surface area contributed by atoms with Crippen molar-refractivity contribution in [3.63, 3.8) is 0 Å². The van der Waals surface area contributed by atoms with Gasteiger partial charge < -0.3 is 10.2 Å². The van der Waals surface area contributed by atoms with E-state index in [4.69, 9.17) is 0 Å². The number of benzene rings is 1. The second-order valence-corrected chi connectivity index (χ2v) is 7.28. The van der Waals surface area contributed by atoms with Crippen molar-refractivity contribution in [1.82, 2.24) is 4.31 Å². The largest absolute Gasteiger partial charge is 0.502 e. The van der Waals surface area contributed by atoms with E-state index in [1.807, 2.05) is 0 Å². The predicted octanol–water partition coefficient (Wildman–Crippen LogP) is 0.836. The van der Waals surface area contributed by atoms with E-state index < -0.39 is 32.0 Å². The maximum Gasteiger partial charge on any atom is 0.312 e. The standard InChI is InChI=1S/C12H16N2O6S/c1-12(16)5-2-6-13(8-12)21(19,20)9-3-4-11(15)10(7-9)14(17)18/h3-4,7,15-16H,2,5-6,8H2,1H3. The van der Waals surface area contributed by atoms with Crippen LogP contribution in [0.25, 0.3) is 0 Å². The molecule has 1 aliphatic rings. The third-order valence-electron chi connectivity index (χ3n) is 3.42. The maximum atomic E-state index is 12.5. The maximum absolute atomic E-state index is 12.5. The monoisotopic (exact) mass is 316 g/mol. The molecule has 0 aliphatic carbocycles. The Labute approximate surface area is 121 Å². The lowest BCUT2D eigenvalue weighted by Gasteiger charge is -2.35. The Morgan fingerprint density at radius 1 is 1.43 bits per heavy atom. The molecule has 1 aromatic carbocycles. The fraction of sp³-hybridized carbons (Fsp3) is 0.500. The third kappa shape index (κ3) is 3.14. The number of sulfonamides is 1. The molecule has 0 radical (unpaired) electrons. The summed E-state index contributed by atoms with van der Waals surface area (Å²) in [5.41, 5.74) is -1.78. The number of rotatable bonds is 3. The SMILES string of the molecule is CC1(O)CCCN(S(=O)(=O)c2ccc(O)c([N+](=O)[O-])c2)C1. The van der Waals surface area contributed by atoms with E-state index in [9.17, 15) is 28.7 Å². The van der Waals surface area contributed by atoms with Crippen LogP contribution in [-0.4, -0.2) is 46.5 Å². The van der Waals surface area contributed by atoms with Crippen molar-refractivity contribution < 1.29 is 23.6 Å². The fourth-order valence-electron chi connectivity index (χ4n) is 2.34. The van der Waals surface area contributed by atoms with Crippen LogP contribution in [0.4, 0.5) is 5.69 Å². The van der Waals surface area contributed by atoms with Crippen LogP contribution in [0, 0.1) is 10.1 Å². The highest BCUT2D eigenvalue weighted by atomic mass is 32.2. The van der Waals surface area contributed by atoms with Gasteiger partial charge >= 0.3 is 5.69 Å². The van der Waals surface area contributed by atoms with E-state index in [2.05, 4.69) is 0 Å². The molecule has 0 aromatic heterocycles. The Morgan fingerprint density at radius 3 is 2.67 bits per heavy atom. The molecule has 0 saturated carbocycles. The zero-order valence-corrected chi connectivity index (χ0v) is 12.2. The highest BCUT2D eigenvalue weighted by Crippen LogP contribution is 2.31. The summed E-state index contributed by atoms with van der Waals surface area (Å²) in [4.78, 5) is 9.66. The Morgan fingerprint density at radius 2 is 2.10 bits per heavy atom. The summed E-state index contributed by atoms with van der Waals surface area (Å²) in [6.07, 6.45) is 1.00. The number of aliphatic hydroxyl groups is 1. The Kier molecular flexibility index (Phi) is 3.91. The summed E-state index contributed by atoms with van der Waals surface area (Å²) in [7, 11) is -3.95. The lowest BCUT2D eigenvalue weighted by molar-refractivity contribution is -0.386. The van der Waals surface area contributed by atoms with Crippen molar-refractivity contribution in [3.8, 4) is 5.75 Å². The average Bonchev–Trinajstić information content (AvgIpc) is 2.37. The number of hydrogen-bond donors (Lipinski definition) is 2. The van der Waals surface area contributed by atoms with Crippen molar-refractivity contribution in [1.29, 1.82) is 0 Å². The highest BCUT2D eigenvalue weighted by molar-refractivity contribution is 7.89. The number of aromatic hydroxyl groups is 1. The molecule has 1 fully saturated rings. The topological polar surface area (TPSA) is 121 Å². The molecule has 1 saturated heterocycles. The average molecular weight is 316 g/mol. The van der Waals surface area contributed by atoms with Gasteiger partial charge in [0.1, 0.15) is 0 Å². The van der Waals surface area contributed by atoms with Crippen LogP contribution < -0.4 is 0 Å². The van der Waals surface area contributed by atoms with Crippen LogP contribution in [0.5, 0.6) is 5.75 Å². The molecule has 116 valence electrons. The van der Waals surface area contributed by atoms with E-state index in [-0.39, 0.29) is 18.0 Å². The van der Waals surface area contributed by atoms with Gasteiger partial charge in [0.05, 0.1) is 15.4 Å². The summed E-state index contributed by atoms with van der Waals surface area (Å²) in [5.74, 6) is -0.593.